The smallest absolute Gasteiger partial charge is 0.102 e. The predicted molar refractivity (Wildman–Crippen MR) is 136 cm³/mol. The van der Waals surface area contributed by atoms with Crippen LogP contribution in [0.5, 0.6) is 0 Å². The normalized spacial score (nSPS) is 28.2. The topological polar surface area (TPSA) is 6.48 Å². The summed E-state index contributed by atoms with van der Waals surface area (Å²) < 4.78 is 0. The van der Waals surface area contributed by atoms with Gasteiger partial charge in [0.2, 0.25) is 0 Å². The van der Waals surface area contributed by atoms with Crippen LogP contribution in [0.3, 0.4) is 0 Å². The predicted octanol–water partition coefficient (Wildman–Crippen LogP) is 7.41. The Morgan fingerprint density at radius 1 is 0.875 bits per heavy atom. The zero-order valence-electron chi connectivity index (χ0n) is 20.3. The quantitative estimate of drug-likeness (QED) is 0.403. The molecule has 2 heteroatoms. The van der Waals surface area contributed by atoms with Gasteiger partial charge in [0, 0.05) is 36.0 Å². The lowest BCUT2D eigenvalue weighted by Crippen LogP contribution is -2.44. The Bertz CT molecular complexity index is 1300. The molecule has 0 amide bonds. The zero-order valence-corrected chi connectivity index (χ0v) is 20.3. The molecule has 164 valence electrons. The highest BCUT2D eigenvalue weighted by Crippen LogP contribution is 2.63. The lowest BCUT2D eigenvalue weighted by molar-refractivity contribution is 0.301. The van der Waals surface area contributed by atoms with Gasteiger partial charge in [0.05, 0.1) is 0 Å². The molecule has 3 aliphatic rings. The summed E-state index contributed by atoms with van der Waals surface area (Å²) in [5, 5.41) is 2.83. The first-order valence-corrected chi connectivity index (χ1v) is 12.1. The maximum absolute atomic E-state index is 2.55. The van der Waals surface area contributed by atoms with Crippen LogP contribution in [-0.2, 0) is 10.8 Å². The summed E-state index contributed by atoms with van der Waals surface area (Å²) in [5.41, 5.74) is 10.4. The van der Waals surface area contributed by atoms with Gasteiger partial charge >= 0.3 is 0 Å². The maximum atomic E-state index is 2.55. The largest absolute Gasteiger partial charge is 0.359 e. The van der Waals surface area contributed by atoms with E-state index >= 15 is 0 Å². The molecule has 0 spiro atoms. The van der Waals surface area contributed by atoms with Crippen molar-refractivity contribution in [2.24, 2.45) is 0 Å². The van der Waals surface area contributed by atoms with Crippen LogP contribution in [0.25, 0.3) is 21.9 Å². The molecule has 2 unspecified atom stereocenters. The number of benzene rings is 3. The standard InChI is InChI=1S/C30H34N2/c1-19-8-10-23-22(16-19)9-11-24-25-18-27(32-15-14-31(6)21(32)3)20(2)17-26(25)29(4)12-7-13-30(29,5)28(23)24/h8-11,14-18,21H,7,12-13H2,1-6H3/t21-,29?,30?/m0/s1. The minimum atomic E-state index is 0.166. The van der Waals surface area contributed by atoms with E-state index < -0.39 is 0 Å². The van der Waals surface area contributed by atoms with Crippen LogP contribution in [0, 0.1) is 13.8 Å². The monoisotopic (exact) mass is 422 g/mol. The van der Waals surface area contributed by atoms with Gasteiger partial charge < -0.3 is 9.80 Å². The van der Waals surface area contributed by atoms with Crippen molar-refractivity contribution >= 4 is 16.5 Å². The number of nitrogens with zero attached hydrogens (tertiary/aromatic N) is 2. The van der Waals surface area contributed by atoms with Gasteiger partial charge in [-0.25, -0.2) is 0 Å². The van der Waals surface area contributed by atoms with E-state index in [-0.39, 0.29) is 10.8 Å². The van der Waals surface area contributed by atoms with E-state index in [1.54, 1.807) is 11.1 Å². The molecule has 0 bridgehead atoms. The number of hydrogen-bond donors (Lipinski definition) is 0. The average molecular weight is 423 g/mol. The van der Waals surface area contributed by atoms with Gasteiger partial charge in [-0.3, -0.25) is 0 Å². The SMILES string of the molecule is Cc1ccc2c3c(ccc2c1)-c1cc(N2C=CN(C)[C@@H]2C)c(C)cc1C1(C)CCCC31C. The van der Waals surface area contributed by atoms with Gasteiger partial charge in [0.1, 0.15) is 6.17 Å². The summed E-state index contributed by atoms with van der Waals surface area (Å²) >= 11 is 0. The van der Waals surface area contributed by atoms with Crippen molar-refractivity contribution in [1.82, 2.24) is 4.90 Å². The molecule has 0 radical (unpaired) electrons. The maximum Gasteiger partial charge on any atom is 0.102 e. The van der Waals surface area contributed by atoms with Gasteiger partial charge in [0.15, 0.2) is 0 Å². The Balaban J connectivity index is 1.68. The van der Waals surface area contributed by atoms with Gasteiger partial charge in [0.25, 0.3) is 0 Å². The number of fused-ring (bicyclic) bond motifs is 8. The Morgan fingerprint density at radius 3 is 2.41 bits per heavy atom. The summed E-state index contributed by atoms with van der Waals surface area (Å²) in [7, 11) is 2.16. The third-order valence-corrected chi connectivity index (χ3v) is 9.25. The number of aryl methyl sites for hydroxylation is 2. The Labute approximate surface area is 192 Å². The number of anilines is 1. The minimum absolute atomic E-state index is 0.166. The first-order valence-electron chi connectivity index (χ1n) is 12.1. The molecule has 1 fully saturated rings. The fourth-order valence-electron chi connectivity index (χ4n) is 7.01. The van der Waals surface area contributed by atoms with Gasteiger partial charge in [-0.1, -0.05) is 62.2 Å². The molecule has 0 aromatic heterocycles. The Kier molecular flexibility index (Phi) is 3.98. The molecule has 1 heterocycles. The van der Waals surface area contributed by atoms with Crippen molar-refractivity contribution in [2.45, 2.75) is 70.9 Å². The minimum Gasteiger partial charge on any atom is -0.359 e. The van der Waals surface area contributed by atoms with Crippen molar-refractivity contribution in [3.63, 3.8) is 0 Å². The number of hydrogen-bond acceptors (Lipinski definition) is 2. The summed E-state index contributed by atoms with van der Waals surface area (Å²) in [6, 6.07) is 16.8. The average Bonchev–Trinajstić information content (AvgIpc) is 3.26. The molecule has 1 saturated carbocycles. The molecule has 6 rings (SSSR count). The summed E-state index contributed by atoms with van der Waals surface area (Å²) in [6.45, 7) is 11.9. The second-order valence-corrected chi connectivity index (χ2v) is 10.9. The van der Waals surface area contributed by atoms with E-state index in [1.807, 2.05) is 0 Å². The van der Waals surface area contributed by atoms with Gasteiger partial charge in [-0.15, -0.1) is 0 Å². The first-order chi connectivity index (χ1) is 15.2. The van der Waals surface area contributed by atoms with Crippen LogP contribution in [0.4, 0.5) is 5.69 Å². The highest BCUT2D eigenvalue weighted by Gasteiger charge is 2.55. The third-order valence-electron chi connectivity index (χ3n) is 9.25. The van der Waals surface area contributed by atoms with Gasteiger partial charge in [-0.2, -0.15) is 0 Å². The van der Waals surface area contributed by atoms with Crippen molar-refractivity contribution in [3.05, 3.63) is 77.1 Å². The van der Waals surface area contributed by atoms with Crippen LogP contribution < -0.4 is 4.90 Å². The molecule has 3 aromatic rings. The van der Waals surface area contributed by atoms with E-state index in [4.69, 9.17) is 0 Å². The number of rotatable bonds is 1. The highest BCUT2D eigenvalue weighted by molar-refractivity contribution is 5.96. The van der Waals surface area contributed by atoms with Crippen LogP contribution in [-0.4, -0.2) is 18.1 Å². The van der Waals surface area contributed by atoms with Crippen LogP contribution in [0.2, 0.25) is 0 Å². The van der Waals surface area contributed by atoms with Crippen molar-refractivity contribution in [2.75, 3.05) is 11.9 Å². The van der Waals surface area contributed by atoms with Crippen LogP contribution in [0.15, 0.2) is 54.9 Å². The molecule has 3 aromatic carbocycles. The fraction of sp³-hybridized carbons (Fsp3) is 0.400. The lowest BCUT2D eigenvalue weighted by Gasteiger charge is -2.49. The molecule has 0 saturated heterocycles. The third kappa shape index (κ3) is 2.36. The molecular weight excluding hydrogens is 388 g/mol. The van der Waals surface area contributed by atoms with Crippen molar-refractivity contribution in [1.29, 1.82) is 0 Å². The Morgan fingerprint density at radius 2 is 1.66 bits per heavy atom. The second-order valence-electron chi connectivity index (χ2n) is 10.9. The van der Waals surface area contributed by atoms with E-state index in [0.717, 1.165) is 0 Å². The van der Waals surface area contributed by atoms with E-state index in [0.29, 0.717) is 6.17 Å². The van der Waals surface area contributed by atoms with Crippen molar-refractivity contribution in [3.8, 4) is 11.1 Å². The molecule has 0 N–H and O–H groups in total. The molecule has 32 heavy (non-hydrogen) atoms. The summed E-state index contributed by atoms with van der Waals surface area (Å²) in [4.78, 5) is 4.70. The van der Waals surface area contributed by atoms with E-state index in [9.17, 15) is 0 Å². The van der Waals surface area contributed by atoms with E-state index in [1.165, 1.54) is 58.0 Å². The summed E-state index contributed by atoms with van der Waals surface area (Å²) in [5.74, 6) is 0. The molecular formula is C30H34N2. The fourth-order valence-corrected chi connectivity index (χ4v) is 7.01. The first kappa shape index (κ1) is 19.9. The van der Waals surface area contributed by atoms with Gasteiger partial charge in [-0.05, 0) is 78.3 Å². The lowest BCUT2D eigenvalue weighted by atomic mass is 9.54. The molecule has 2 aliphatic carbocycles. The van der Waals surface area contributed by atoms with Crippen LogP contribution >= 0.6 is 0 Å². The Hall–Kier alpha value is -2.74. The molecule has 3 atom stereocenters. The summed E-state index contributed by atoms with van der Waals surface area (Å²) in [6.07, 6.45) is 8.57. The van der Waals surface area contributed by atoms with E-state index in [2.05, 4.69) is 106 Å². The van der Waals surface area contributed by atoms with Crippen LogP contribution in [0.1, 0.15) is 62.3 Å². The zero-order chi connectivity index (χ0) is 22.4. The second kappa shape index (κ2) is 6.41. The molecule has 2 nitrogen and oxygen atoms in total. The van der Waals surface area contributed by atoms with Crippen molar-refractivity contribution < 1.29 is 0 Å². The molecule has 1 aliphatic heterocycles. The highest BCUT2D eigenvalue weighted by atomic mass is 15.4.